The van der Waals surface area contributed by atoms with Gasteiger partial charge in [-0.1, -0.05) is 97.1 Å². The third kappa shape index (κ3) is 4.67. The molecule has 0 radical (unpaired) electrons. The summed E-state index contributed by atoms with van der Waals surface area (Å²) >= 11 is 0. The fourth-order valence-corrected chi connectivity index (χ4v) is 7.31. The Morgan fingerprint density at radius 2 is 0.976 bits per heavy atom. The number of hydrogen-bond donors (Lipinski definition) is 1. The van der Waals surface area contributed by atoms with Crippen LogP contribution in [0.2, 0.25) is 0 Å². The van der Waals surface area contributed by atoms with E-state index in [1.807, 2.05) is 6.92 Å². The number of aliphatic carboxylic acids is 1. The first kappa shape index (κ1) is 28.1. The first-order valence-electron chi connectivity index (χ1n) is 14.3. The molecular formula is C37H36O4. The highest BCUT2D eigenvalue weighted by atomic mass is 16.5. The lowest BCUT2D eigenvalue weighted by molar-refractivity contribution is -0.143. The Kier molecular flexibility index (Phi) is 7.94. The maximum absolute atomic E-state index is 12.8. The van der Waals surface area contributed by atoms with E-state index in [2.05, 4.69) is 110 Å². The van der Waals surface area contributed by atoms with E-state index in [4.69, 9.17) is 4.74 Å². The third-order valence-electron chi connectivity index (χ3n) is 8.78. The summed E-state index contributed by atoms with van der Waals surface area (Å²) in [5.74, 6) is -1.01. The molecule has 0 saturated heterocycles. The standard InChI is InChI=1S/C35H32O4.C2H4/c1-2-39-33(38)20-22-35(30-17-9-5-13-26(30)27-14-6-10-18-31(27)35)23-34(21-19-32(36)37)28-15-7-3-11-24(28)25-12-4-8-16-29(25)34;1-2/h3-18H,2,19-23H2,1H3,(H,36,37);1-2H2. The van der Waals surface area contributed by atoms with Crippen molar-refractivity contribution in [2.75, 3.05) is 6.61 Å². The molecule has 0 amide bonds. The van der Waals surface area contributed by atoms with Crippen molar-refractivity contribution in [1.29, 1.82) is 0 Å². The first-order chi connectivity index (χ1) is 20.0. The molecule has 0 saturated carbocycles. The summed E-state index contributed by atoms with van der Waals surface area (Å²) < 4.78 is 5.39. The molecule has 1 N–H and O–H groups in total. The minimum absolute atomic E-state index is 0.0555. The fourth-order valence-electron chi connectivity index (χ4n) is 7.31. The van der Waals surface area contributed by atoms with E-state index >= 15 is 0 Å². The second-order valence-corrected chi connectivity index (χ2v) is 10.7. The van der Waals surface area contributed by atoms with E-state index in [-0.39, 0.29) is 18.8 Å². The molecule has 0 fully saturated rings. The van der Waals surface area contributed by atoms with Gasteiger partial charge in [0, 0.05) is 23.7 Å². The topological polar surface area (TPSA) is 63.6 Å². The number of carboxylic acids is 1. The Morgan fingerprint density at radius 1 is 0.634 bits per heavy atom. The van der Waals surface area contributed by atoms with E-state index < -0.39 is 16.8 Å². The fraction of sp³-hybridized carbons (Fsp3) is 0.243. The maximum Gasteiger partial charge on any atom is 0.305 e. The molecule has 2 aliphatic rings. The van der Waals surface area contributed by atoms with Crippen molar-refractivity contribution in [3.8, 4) is 22.3 Å². The molecule has 0 spiro atoms. The van der Waals surface area contributed by atoms with Gasteiger partial charge in [-0.2, -0.15) is 0 Å². The third-order valence-corrected chi connectivity index (χ3v) is 8.78. The second kappa shape index (κ2) is 11.6. The van der Waals surface area contributed by atoms with Crippen LogP contribution in [0, 0.1) is 0 Å². The zero-order valence-electron chi connectivity index (χ0n) is 23.6. The highest BCUT2D eigenvalue weighted by molar-refractivity contribution is 5.85. The minimum atomic E-state index is -0.802. The summed E-state index contributed by atoms with van der Waals surface area (Å²) in [5.41, 5.74) is 8.41. The van der Waals surface area contributed by atoms with Gasteiger partial charge >= 0.3 is 11.9 Å². The SMILES string of the molecule is C=C.CCOC(=O)CCC1(CC2(CCC(=O)O)c3ccccc3-c3ccccc32)c2ccccc2-c2ccccc21. The summed E-state index contributed by atoms with van der Waals surface area (Å²) in [4.78, 5) is 24.9. The molecular weight excluding hydrogens is 508 g/mol. The van der Waals surface area contributed by atoms with Crippen LogP contribution in [0.3, 0.4) is 0 Å². The highest BCUT2D eigenvalue weighted by Gasteiger charge is 2.52. The minimum Gasteiger partial charge on any atom is -0.481 e. The van der Waals surface area contributed by atoms with Gasteiger partial charge in [-0.05, 0) is 70.7 Å². The van der Waals surface area contributed by atoms with Crippen LogP contribution in [0.1, 0.15) is 61.3 Å². The molecule has 4 aromatic rings. The summed E-state index contributed by atoms with van der Waals surface area (Å²) in [5, 5.41) is 9.90. The lowest BCUT2D eigenvalue weighted by Gasteiger charge is -2.42. The lowest BCUT2D eigenvalue weighted by atomic mass is 9.60. The van der Waals surface area contributed by atoms with Gasteiger partial charge in [-0.15, -0.1) is 13.2 Å². The largest absolute Gasteiger partial charge is 0.481 e. The molecule has 6 rings (SSSR count). The van der Waals surface area contributed by atoms with Gasteiger partial charge in [-0.3, -0.25) is 9.59 Å². The predicted octanol–water partition coefficient (Wildman–Crippen LogP) is 8.32. The van der Waals surface area contributed by atoms with Gasteiger partial charge < -0.3 is 9.84 Å². The normalized spacial score (nSPS) is 14.5. The van der Waals surface area contributed by atoms with Gasteiger partial charge in [0.1, 0.15) is 0 Å². The molecule has 2 aliphatic carbocycles. The number of carbonyl (C=O) groups excluding carboxylic acids is 1. The number of esters is 1. The number of hydrogen-bond acceptors (Lipinski definition) is 3. The quantitative estimate of drug-likeness (QED) is 0.170. The second-order valence-electron chi connectivity index (χ2n) is 10.7. The number of carbonyl (C=O) groups is 2. The lowest BCUT2D eigenvalue weighted by Crippen LogP contribution is -2.38. The van der Waals surface area contributed by atoms with Crippen molar-refractivity contribution in [3.05, 3.63) is 132 Å². The van der Waals surface area contributed by atoms with Crippen LogP contribution in [-0.2, 0) is 25.2 Å². The van der Waals surface area contributed by atoms with Gasteiger partial charge in [-0.25, -0.2) is 0 Å². The molecule has 208 valence electrons. The van der Waals surface area contributed by atoms with Crippen molar-refractivity contribution < 1.29 is 19.4 Å². The van der Waals surface area contributed by atoms with Gasteiger partial charge in [0.2, 0.25) is 0 Å². The van der Waals surface area contributed by atoms with Crippen LogP contribution >= 0.6 is 0 Å². The molecule has 0 atom stereocenters. The number of rotatable bonds is 9. The molecule has 0 unspecified atom stereocenters. The summed E-state index contributed by atoms with van der Waals surface area (Å²) in [6.07, 6.45) is 2.06. The van der Waals surface area contributed by atoms with E-state index in [1.165, 1.54) is 44.5 Å². The Balaban J connectivity index is 0.00000165. The Morgan fingerprint density at radius 3 is 1.32 bits per heavy atom. The monoisotopic (exact) mass is 544 g/mol. The van der Waals surface area contributed by atoms with Crippen molar-refractivity contribution in [2.24, 2.45) is 0 Å². The van der Waals surface area contributed by atoms with Crippen LogP contribution in [0.25, 0.3) is 22.3 Å². The van der Waals surface area contributed by atoms with E-state index in [9.17, 15) is 14.7 Å². The van der Waals surface area contributed by atoms with Crippen molar-refractivity contribution >= 4 is 11.9 Å². The molecule has 0 aromatic heterocycles. The summed E-state index contributed by atoms with van der Waals surface area (Å²) in [7, 11) is 0. The zero-order chi connectivity index (χ0) is 29.0. The maximum atomic E-state index is 12.8. The zero-order valence-corrected chi connectivity index (χ0v) is 23.6. The van der Waals surface area contributed by atoms with Crippen LogP contribution in [0.4, 0.5) is 0 Å². The Labute approximate surface area is 242 Å². The molecule has 4 nitrogen and oxygen atoms in total. The molecule has 4 aromatic carbocycles. The number of ether oxygens (including phenoxy) is 1. The molecule has 0 bridgehead atoms. The predicted molar refractivity (Wildman–Crippen MR) is 164 cm³/mol. The number of carboxylic acid groups (broad SMARTS) is 1. The molecule has 0 heterocycles. The summed E-state index contributed by atoms with van der Waals surface area (Å²) in [6, 6.07) is 33.9. The number of fused-ring (bicyclic) bond motifs is 6. The van der Waals surface area contributed by atoms with Crippen LogP contribution < -0.4 is 0 Å². The highest BCUT2D eigenvalue weighted by Crippen LogP contribution is 2.62. The van der Waals surface area contributed by atoms with Crippen LogP contribution in [0.5, 0.6) is 0 Å². The van der Waals surface area contributed by atoms with Crippen molar-refractivity contribution in [3.63, 3.8) is 0 Å². The Hall–Kier alpha value is -4.44. The number of benzene rings is 4. The molecule has 4 heteroatoms. The van der Waals surface area contributed by atoms with Gasteiger partial charge in [0.15, 0.2) is 0 Å². The van der Waals surface area contributed by atoms with Crippen molar-refractivity contribution in [2.45, 2.75) is 49.9 Å². The van der Waals surface area contributed by atoms with Crippen molar-refractivity contribution in [1.82, 2.24) is 0 Å². The summed E-state index contributed by atoms with van der Waals surface area (Å²) in [6.45, 7) is 8.18. The smallest absolute Gasteiger partial charge is 0.305 e. The first-order valence-corrected chi connectivity index (χ1v) is 14.3. The molecule has 41 heavy (non-hydrogen) atoms. The average molecular weight is 545 g/mol. The average Bonchev–Trinajstić information content (AvgIpc) is 3.45. The molecule has 0 aliphatic heterocycles. The van der Waals surface area contributed by atoms with E-state index in [0.717, 1.165) is 0 Å². The van der Waals surface area contributed by atoms with Crippen LogP contribution in [-0.4, -0.2) is 23.7 Å². The van der Waals surface area contributed by atoms with Gasteiger partial charge in [0.25, 0.3) is 0 Å². The van der Waals surface area contributed by atoms with E-state index in [0.29, 0.717) is 25.9 Å². The van der Waals surface area contributed by atoms with Gasteiger partial charge in [0.05, 0.1) is 6.61 Å². The van der Waals surface area contributed by atoms with E-state index in [1.54, 1.807) is 0 Å². The Bertz CT molecular complexity index is 1490. The van der Waals surface area contributed by atoms with Crippen LogP contribution in [0.15, 0.2) is 110 Å².